The number of rotatable bonds is 5. The lowest BCUT2D eigenvalue weighted by Crippen LogP contribution is -2.25. The van der Waals surface area contributed by atoms with Crippen LogP contribution in [0.15, 0.2) is 13.6 Å². The van der Waals surface area contributed by atoms with Crippen molar-refractivity contribution >= 4 is 43.2 Å². The summed E-state index contributed by atoms with van der Waals surface area (Å²) in [7, 11) is 0. The Hall–Kier alpha value is 0.620. The lowest BCUT2D eigenvalue weighted by atomic mass is 9.80. The van der Waals surface area contributed by atoms with Crippen LogP contribution in [0.1, 0.15) is 44.2 Å². The monoisotopic (exact) mass is 365 g/mol. The van der Waals surface area contributed by atoms with Gasteiger partial charge in [0.25, 0.3) is 0 Å². The van der Waals surface area contributed by atoms with Gasteiger partial charge in [-0.15, -0.1) is 11.3 Å². The molecule has 90 valence electrons. The average Bonchev–Trinajstić information content (AvgIpc) is 2.49. The van der Waals surface area contributed by atoms with E-state index in [1.54, 1.807) is 11.3 Å². The standard InChI is InChI=1S/C12H17Br2NS/c1-2-15-10(6-8-4-3-5-8)9-7-11(13)16-12(9)14/h7-8,10,15H,2-6H2,1H3. The number of halogens is 2. The highest BCUT2D eigenvalue weighted by atomic mass is 79.9. The van der Waals surface area contributed by atoms with Gasteiger partial charge in [0, 0.05) is 6.04 Å². The summed E-state index contributed by atoms with van der Waals surface area (Å²) in [5.74, 6) is 0.939. The van der Waals surface area contributed by atoms with Crippen LogP contribution in [0.4, 0.5) is 0 Å². The average molecular weight is 367 g/mol. The van der Waals surface area contributed by atoms with E-state index >= 15 is 0 Å². The molecule has 1 aliphatic rings. The molecule has 1 aromatic heterocycles. The van der Waals surface area contributed by atoms with Crippen LogP contribution in [-0.4, -0.2) is 6.54 Å². The molecule has 1 aromatic rings. The number of thiophene rings is 1. The van der Waals surface area contributed by atoms with Gasteiger partial charge < -0.3 is 5.32 Å². The van der Waals surface area contributed by atoms with Crippen LogP contribution in [0.5, 0.6) is 0 Å². The van der Waals surface area contributed by atoms with Gasteiger partial charge >= 0.3 is 0 Å². The maximum Gasteiger partial charge on any atom is 0.0758 e. The summed E-state index contributed by atoms with van der Waals surface area (Å²) in [4.78, 5) is 0. The van der Waals surface area contributed by atoms with Gasteiger partial charge in [-0.1, -0.05) is 26.2 Å². The molecule has 4 heteroatoms. The quantitative estimate of drug-likeness (QED) is 0.762. The molecule has 0 bridgehead atoms. The molecule has 1 aliphatic carbocycles. The normalized spacial score (nSPS) is 18.4. The molecule has 0 saturated heterocycles. The Morgan fingerprint density at radius 3 is 2.69 bits per heavy atom. The van der Waals surface area contributed by atoms with Crippen molar-refractivity contribution in [3.05, 3.63) is 19.2 Å². The maximum absolute atomic E-state index is 3.67. The highest BCUT2D eigenvalue weighted by Gasteiger charge is 2.24. The zero-order valence-electron chi connectivity index (χ0n) is 9.43. The van der Waals surface area contributed by atoms with E-state index in [0.29, 0.717) is 6.04 Å². The topological polar surface area (TPSA) is 12.0 Å². The second kappa shape index (κ2) is 5.98. The van der Waals surface area contributed by atoms with Crippen molar-refractivity contribution in [2.75, 3.05) is 6.54 Å². The third kappa shape index (κ3) is 3.09. The van der Waals surface area contributed by atoms with Crippen LogP contribution >= 0.6 is 43.2 Å². The molecule has 1 nitrogen and oxygen atoms in total. The van der Waals surface area contributed by atoms with Gasteiger partial charge in [0.05, 0.1) is 7.57 Å². The van der Waals surface area contributed by atoms with Gasteiger partial charge in [-0.05, 0) is 62.4 Å². The van der Waals surface area contributed by atoms with E-state index in [4.69, 9.17) is 0 Å². The van der Waals surface area contributed by atoms with Gasteiger partial charge in [-0.25, -0.2) is 0 Å². The molecule has 16 heavy (non-hydrogen) atoms. The smallest absolute Gasteiger partial charge is 0.0758 e. The Labute approximate surface area is 118 Å². The van der Waals surface area contributed by atoms with E-state index in [1.807, 2.05) is 0 Å². The van der Waals surface area contributed by atoms with E-state index < -0.39 is 0 Å². The predicted octanol–water partition coefficient (Wildman–Crippen LogP) is 5.11. The molecule has 2 rings (SSSR count). The van der Waals surface area contributed by atoms with Crippen LogP contribution < -0.4 is 5.32 Å². The molecule has 1 N–H and O–H groups in total. The third-order valence-corrected chi connectivity index (χ3v) is 5.69. The minimum Gasteiger partial charge on any atom is -0.310 e. The van der Waals surface area contributed by atoms with E-state index in [9.17, 15) is 0 Å². The van der Waals surface area contributed by atoms with Crippen LogP contribution in [0.25, 0.3) is 0 Å². The molecule has 1 saturated carbocycles. The first-order valence-corrected chi connectivity index (χ1v) is 8.29. The Bertz CT molecular complexity index is 347. The van der Waals surface area contributed by atoms with E-state index in [1.165, 1.54) is 38.8 Å². The summed E-state index contributed by atoms with van der Waals surface area (Å²) in [5, 5.41) is 3.61. The molecular weight excluding hydrogens is 350 g/mol. The first-order chi connectivity index (χ1) is 7.70. The molecule has 0 radical (unpaired) electrons. The number of nitrogens with one attached hydrogen (secondary N) is 1. The van der Waals surface area contributed by atoms with Crippen LogP contribution in [0.2, 0.25) is 0 Å². The fourth-order valence-electron chi connectivity index (χ4n) is 2.22. The van der Waals surface area contributed by atoms with Crippen molar-refractivity contribution in [3.63, 3.8) is 0 Å². The maximum atomic E-state index is 3.67. The second-order valence-electron chi connectivity index (χ2n) is 4.42. The predicted molar refractivity (Wildman–Crippen MR) is 78.1 cm³/mol. The number of hydrogen-bond acceptors (Lipinski definition) is 2. The Morgan fingerprint density at radius 1 is 1.50 bits per heavy atom. The Kier molecular flexibility index (Phi) is 4.89. The van der Waals surface area contributed by atoms with E-state index in [2.05, 4.69) is 50.2 Å². The van der Waals surface area contributed by atoms with Crippen molar-refractivity contribution in [2.24, 2.45) is 5.92 Å². The summed E-state index contributed by atoms with van der Waals surface area (Å²) in [6.07, 6.45) is 5.56. The van der Waals surface area contributed by atoms with Gasteiger partial charge in [0.2, 0.25) is 0 Å². The molecule has 1 heterocycles. The molecule has 0 aliphatic heterocycles. The third-order valence-electron chi connectivity index (χ3n) is 3.30. The Balaban J connectivity index is 2.07. The fourth-order valence-corrected chi connectivity index (χ4v) is 5.19. The molecule has 0 amide bonds. The van der Waals surface area contributed by atoms with E-state index in [-0.39, 0.29) is 0 Å². The zero-order chi connectivity index (χ0) is 11.5. The van der Waals surface area contributed by atoms with Crippen molar-refractivity contribution in [1.82, 2.24) is 5.32 Å². The van der Waals surface area contributed by atoms with Gasteiger partial charge in [0.1, 0.15) is 0 Å². The summed E-state index contributed by atoms with van der Waals surface area (Å²) < 4.78 is 2.48. The highest BCUT2D eigenvalue weighted by Crippen LogP contribution is 2.40. The fraction of sp³-hybridized carbons (Fsp3) is 0.667. The van der Waals surface area contributed by atoms with Crippen molar-refractivity contribution in [2.45, 2.75) is 38.6 Å². The second-order valence-corrected chi connectivity index (χ2v) is 8.17. The summed E-state index contributed by atoms with van der Waals surface area (Å²) in [6.45, 7) is 3.22. The minimum atomic E-state index is 0.521. The van der Waals surface area contributed by atoms with Crippen LogP contribution in [-0.2, 0) is 0 Å². The lowest BCUT2D eigenvalue weighted by molar-refractivity contribution is 0.262. The zero-order valence-corrected chi connectivity index (χ0v) is 13.4. The minimum absolute atomic E-state index is 0.521. The molecule has 0 spiro atoms. The highest BCUT2D eigenvalue weighted by molar-refractivity contribution is 9.12. The molecule has 0 aromatic carbocycles. The van der Waals surface area contributed by atoms with Gasteiger partial charge in [-0.2, -0.15) is 0 Å². The Morgan fingerprint density at radius 2 is 2.25 bits per heavy atom. The van der Waals surface area contributed by atoms with Gasteiger partial charge in [-0.3, -0.25) is 0 Å². The number of hydrogen-bond donors (Lipinski definition) is 1. The molecule has 1 unspecified atom stereocenters. The van der Waals surface area contributed by atoms with Crippen LogP contribution in [0, 0.1) is 5.92 Å². The lowest BCUT2D eigenvalue weighted by Gasteiger charge is -2.30. The molecular formula is C12H17Br2NS. The summed E-state index contributed by atoms with van der Waals surface area (Å²) in [5.41, 5.74) is 1.42. The first-order valence-electron chi connectivity index (χ1n) is 5.88. The first kappa shape index (κ1) is 13.1. The van der Waals surface area contributed by atoms with Crippen molar-refractivity contribution in [3.8, 4) is 0 Å². The van der Waals surface area contributed by atoms with Gasteiger partial charge in [0.15, 0.2) is 0 Å². The summed E-state index contributed by atoms with van der Waals surface area (Å²) >= 11 is 9.00. The molecule has 1 fully saturated rings. The SMILES string of the molecule is CCNC(CC1CCC1)c1cc(Br)sc1Br. The molecule has 1 atom stereocenters. The van der Waals surface area contributed by atoms with Crippen LogP contribution in [0.3, 0.4) is 0 Å². The largest absolute Gasteiger partial charge is 0.310 e. The van der Waals surface area contributed by atoms with Crippen molar-refractivity contribution in [1.29, 1.82) is 0 Å². The van der Waals surface area contributed by atoms with E-state index in [0.717, 1.165) is 12.5 Å². The summed E-state index contributed by atoms with van der Waals surface area (Å²) in [6, 6.07) is 2.77. The van der Waals surface area contributed by atoms with Crippen molar-refractivity contribution < 1.29 is 0 Å².